The van der Waals surface area contributed by atoms with Crippen LogP contribution < -0.4 is 5.32 Å². The lowest BCUT2D eigenvalue weighted by Crippen LogP contribution is -2.49. The largest absolute Gasteiger partial charge is 0.314 e. The summed E-state index contributed by atoms with van der Waals surface area (Å²) in [7, 11) is 0. The first-order valence-electron chi connectivity index (χ1n) is 6.63. The fourth-order valence-electron chi connectivity index (χ4n) is 2.53. The Balaban J connectivity index is 2.30. The fourth-order valence-corrected chi connectivity index (χ4v) is 2.53. The van der Waals surface area contributed by atoms with E-state index in [9.17, 15) is 0 Å². The molecule has 0 bridgehead atoms. The molecule has 1 rings (SSSR count). The number of likely N-dealkylation sites (tertiary alicyclic amines) is 1. The van der Waals surface area contributed by atoms with Gasteiger partial charge in [0, 0.05) is 19.1 Å². The van der Waals surface area contributed by atoms with Crippen LogP contribution in [0.15, 0.2) is 0 Å². The van der Waals surface area contributed by atoms with Gasteiger partial charge in [-0.05, 0) is 31.3 Å². The fraction of sp³-hybridized carbons (Fsp3) is 1.00. The maximum absolute atomic E-state index is 3.60. The topological polar surface area (TPSA) is 15.3 Å². The maximum atomic E-state index is 3.60. The second-order valence-corrected chi connectivity index (χ2v) is 5.20. The first kappa shape index (κ1) is 13.0. The normalized spacial score (nSPS) is 30.4. The zero-order valence-electron chi connectivity index (χ0n) is 10.9. The van der Waals surface area contributed by atoms with E-state index in [1.165, 1.54) is 32.5 Å². The van der Waals surface area contributed by atoms with Crippen LogP contribution in [0.4, 0.5) is 0 Å². The zero-order chi connectivity index (χ0) is 11.3. The average molecular weight is 212 g/mol. The molecule has 2 heteroatoms. The van der Waals surface area contributed by atoms with Gasteiger partial charge in [-0.2, -0.15) is 0 Å². The van der Waals surface area contributed by atoms with Crippen molar-refractivity contribution in [1.29, 1.82) is 0 Å². The SMILES string of the molecule is CCNC1CCN(CC(C)CC)CC1C. The van der Waals surface area contributed by atoms with Gasteiger partial charge in [0.2, 0.25) is 0 Å². The summed E-state index contributed by atoms with van der Waals surface area (Å²) in [6.07, 6.45) is 2.63. The first-order chi connectivity index (χ1) is 7.17. The standard InChI is InChI=1S/C13H28N2/c1-5-11(3)9-15-8-7-13(14-6-2)12(4)10-15/h11-14H,5-10H2,1-4H3. The lowest BCUT2D eigenvalue weighted by Gasteiger charge is -2.38. The molecule has 0 radical (unpaired) electrons. The quantitative estimate of drug-likeness (QED) is 0.752. The predicted octanol–water partition coefficient (Wildman–Crippen LogP) is 2.35. The van der Waals surface area contributed by atoms with Gasteiger partial charge >= 0.3 is 0 Å². The third-order valence-corrected chi connectivity index (χ3v) is 3.72. The van der Waals surface area contributed by atoms with Gasteiger partial charge in [0.25, 0.3) is 0 Å². The van der Waals surface area contributed by atoms with Crippen molar-refractivity contribution in [2.24, 2.45) is 11.8 Å². The van der Waals surface area contributed by atoms with E-state index in [-0.39, 0.29) is 0 Å². The minimum atomic E-state index is 0.753. The molecule has 0 aliphatic carbocycles. The Morgan fingerprint density at radius 2 is 2.13 bits per heavy atom. The van der Waals surface area contributed by atoms with Crippen molar-refractivity contribution in [3.8, 4) is 0 Å². The first-order valence-corrected chi connectivity index (χ1v) is 6.63. The van der Waals surface area contributed by atoms with Gasteiger partial charge in [0.05, 0.1) is 0 Å². The van der Waals surface area contributed by atoms with E-state index < -0.39 is 0 Å². The van der Waals surface area contributed by atoms with Crippen molar-refractivity contribution in [3.05, 3.63) is 0 Å². The summed E-state index contributed by atoms with van der Waals surface area (Å²) in [5, 5.41) is 3.60. The van der Waals surface area contributed by atoms with Crippen LogP contribution in [0, 0.1) is 11.8 Å². The van der Waals surface area contributed by atoms with Crippen LogP contribution in [0.1, 0.15) is 40.5 Å². The minimum Gasteiger partial charge on any atom is -0.314 e. The van der Waals surface area contributed by atoms with E-state index in [1.54, 1.807) is 0 Å². The summed E-state index contributed by atoms with van der Waals surface area (Å²) in [4.78, 5) is 2.65. The van der Waals surface area contributed by atoms with E-state index >= 15 is 0 Å². The van der Waals surface area contributed by atoms with Crippen molar-refractivity contribution < 1.29 is 0 Å². The van der Waals surface area contributed by atoms with Crippen LogP contribution in [-0.2, 0) is 0 Å². The number of nitrogens with zero attached hydrogens (tertiary/aromatic N) is 1. The molecule has 1 fully saturated rings. The molecular formula is C13H28N2. The zero-order valence-corrected chi connectivity index (χ0v) is 10.9. The molecule has 1 saturated heterocycles. The van der Waals surface area contributed by atoms with Crippen molar-refractivity contribution in [3.63, 3.8) is 0 Å². The van der Waals surface area contributed by atoms with Gasteiger partial charge in [0.1, 0.15) is 0 Å². The van der Waals surface area contributed by atoms with Crippen LogP contribution >= 0.6 is 0 Å². The Morgan fingerprint density at radius 1 is 1.40 bits per heavy atom. The Bertz CT molecular complexity index is 170. The van der Waals surface area contributed by atoms with E-state index in [1.807, 2.05) is 0 Å². The van der Waals surface area contributed by atoms with Crippen LogP contribution in [0.2, 0.25) is 0 Å². The molecule has 0 aromatic heterocycles. The van der Waals surface area contributed by atoms with Crippen LogP contribution in [0.5, 0.6) is 0 Å². The van der Waals surface area contributed by atoms with E-state index in [0.717, 1.165) is 24.4 Å². The molecule has 0 aromatic rings. The summed E-state index contributed by atoms with van der Waals surface area (Å²) in [5.41, 5.74) is 0. The van der Waals surface area contributed by atoms with Gasteiger partial charge in [-0.15, -0.1) is 0 Å². The molecule has 15 heavy (non-hydrogen) atoms. The van der Waals surface area contributed by atoms with E-state index in [4.69, 9.17) is 0 Å². The predicted molar refractivity (Wildman–Crippen MR) is 67.1 cm³/mol. The molecule has 1 aliphatic rings. The summed E-state index contributed by atoms with van der Waals surface area (Å²) < 4.78 is 0. The van der Waals surface area contributed by atoms with Gasteiger partial charge in [-0.1, -0.05) is 34.1 Å². The molecular weight excluding hydrogens is 184 g/mol. The molecule has 1 heterocycles. The van der Waals surface area contributed by atoms with E-state index in [0.29, 0.717) is 0 Å². The highest BCUT2D eigenvalue weighted by molar-refractivity contribution is 4.82. The van der Waals surface area contributed by atoms with Crippen LogP contribution in [-0.4, -0.2) is 37.1 Å². The van der Waals surface area contributed by atoms with Crippen molar-refractivity contribution in [1.82, 2.24) is 10.2 Å². The molecule has 0 saturated carbocycles. The van der Waals surface area contributed by atoms with Crippen molar-refractivity contribution >= 4 is 0 Å². The van der Waals surface area contributed by atoms with Gasteiger partial charge in [-0.3, -0.25) is 0 Å². The van der Waals surface area contributed by atoms with Crippen molar-refractivity contribution in [2.45, 2.75) is 46.6 Å². The number of hydrogen-bond donors (Lipinski definition) is 1. The molecule has 1 N–H and O–H groups in total. The highest BCUT2D eigenvalue weighted by atomic mass is 15.1. The number of hydrogen-bond acceptors (Lipinski definition) is 2. The monoisotopic (exact) mass is 212 g/mol. The van der Waals surface area contributed by atoms with E-state index in [2.05, 4.69) is 37.9 Å². The van der Waals surface area contributed by atoms with Gasteiger partial charge in [-0.25, -0.2) is 0 Å². The molecule has 90 valence electrons. The maximum Gasteiger partial charge on any atom is 0.0117 e. The Hall–Kier alpha value is -0.0800. The third kappa shape index (κ3) is 4.12. The second kappa shape index (κ2) is 6.49. The number of rotatable bonds is 5. The molecule has 1 aliphatic heterocycles. The van der Waals surface area contributed by atoms with Gasteiger partial charge in [0.15, 0.2) is 0 Å². The molecule has 2 nitrogen and oxygen atoms in total. The lowest BCUT2D eigenvalue weighted by atomic mass is 9.93. The third-order valence-electron chi connectivity index (χ3n) is 3.72. The number of piperidine rings is 1. The Kier molecular flexibility index (Phi) is 5.62. The second-order valence-electron chi connectivity index (χ2n) is 5.20. The summed E-state index contributed by atoms with van der Waals surface area (Å²) in [6.45, 7) is 14.2. The number of nitrogens with one attached hydrogen (secondary N) is 1. The van der Waals surface area contributed by atoms with Crippen LogP contribution in [0.25, 0.3) is 0 Å². The lowest BCUT2D eigenvalue weighted by molar-refractivity contribution is 0.132. The Morgan fingerprint density at radius 3 is 2.67 bits per heavy atom. The smallest absolute Gasteiger partial charge is 0.0117 e. The summed E-state index contributed by atoms with van der Waals surface area (Å²) in [6, 6.07) is 0.753. The molecule has 0 aromatic carbocycles. The average Bonchev–Trinajstić information content (AvgIpc) is 2.22. The van der Waals surface area contributed by atoms with Crippen LogP contribution in [0.3, 0.4) is 0 Å². The summed E-state index contributed by atoms with van der Waals surface area (Å²) >= 11 is 0. The molecule has 0 spiro atoms. The molecule has 3 unspecified atom stereocenters. The van der Waals surface area contributed by atoms with Gasteiger partial charge < -0.3 is 10.2 Å². The highest BCUT2D eigenvalue weighted by Crippen LogP contribution is 2.18. The molecule has 3 atom stereocenters. The summed E-state index contributed by atoms with van der Waals surface area (Å²) in [5.74, 6) is 1.66. The minimum absolute atomic E-state index is 0.753. The Labute approximate surface area is 95.4 Å². The highest BCUT2D eigenvalue weighted by Gasteiger charge is 2.25. The molecule has 0 amide bonds. The van der Waals surface area contributed by atoms with Crippen molar-refractivity contribution in [2.75, 3.05) is 26.2 Å².